The summed E-state index contributed by atoms with van der Waals surface area (Å²) < 4.78 is 4.72. The van der Waals surface area contributed by atoms with Crippen molar-refractivity contribution in [1.29, 1.82) is 0 Å². The molecule has 24 heavy (non-hydrogen) atoms. The average molecular weight is 580 g/mol. The Labute approximate surface area is 178 Å². The van der Waals surface area contributed by atoms with Crippen molar-refractivity contribution in [3.05, 3.63) is 63.9 Å². The van der Waals surface area contributed by atoms with Crippen molar-refractivity contribution in [2.24, 2.45) is 0 Å². The zero-order chi connectivity index (χ0) is 18.0. The molecule has 0 heterocycles. The maximum Gasteiger partial charge on any atom is 0.0256 e. The molecule has 0 aliphatic heterocycles. The third-order valence-corrected chi connectivity index (χ3v) is 8.89. The van der Waals surface area contributed by atoms with Gasteiger partial charge in [-0.15, -0.1) is 0 Å². The maximum atomic E-state index is 3.87. The van der Waals surface area contributed by atoms with Crippen molar-refractivity contribution in [3.8, 4) is 0 Å². The fourth-order valence-corrected chi connectivity index (χ4v) is 6.95. The molecule has 3 rings (SSSR count). The van der Waals surface area contributed by atoms with Gasteiger partial charge in [-0.25, -0.2) is 0 Å². The van der Waals surface area contributed by atoms with Crippen LogP contribution < -0.4 is 0 Å². The fraction of sp³-hybridized carbons (Fsp3) is 0.400. The summed E-state index contributed by atoms with van der Waals surface area (Å²) in [5.74, 6) is 0. The molecule has 1 unspecified atom stereocenters. The standard InChI is InChI=1S/C20H20Br4/c1-10-14(21)6-12(7-15(10)22)20(5)9-19(3,4)17-13(20)8-16(23)11(2)18(17)24/h6-8H,9H2,1-5H3. The molecule has 4 heteroatoms. The first kappa shape index (κ1) is 19.1. The highest BCUT2D eigenvalue weighted by Gasteiger charge is 2.47. The van der Waals surface area contributed by atoms with Gasteiger partial charge in [0.1, 0.15) is 0 Å². The van der Waals surface area contributed by atoms with E-state index in [1.807, 2.05) is 0 Å². The molecule has 0 spiro atoms. The second-order valence-corrected chi connectivity index (χ2v) is 11.0. The van der Waals surface area contributed by atoms with E-state index in [0.717, 1.165) is 15.4 Å². The minimum Gasteiger partial charge on any atom is -0.0557 e. The molecule has 0 saturated carbocycles. The van der Waals surface area contributed by atoms with Crippen LogP contribution in [0.15, 0.2) is 36.1 Å². The maximum absolute atomic E-state index is 3.87. The predicted molar refractivity (Wildman–Crippen MR) is 117 cm³/mol. The van der Waals surface area contributed by atoms with Gasteiger partial charge in [0.25, 0.3) is 0 Å². The van der Waals surface area contributed by atoms with E-state index in [1.165, 1.54) is 36.8 Å². The number of hydrogen-bond acceptors (Lipinski definition) is 0. The van der Waals surface area contributed by atoms with Crippen molar-refractivity contribution in [2.45, 2.75) is 51.9 Å². The van der Waals surface area contributed by atoms with Crippen LogP contribution in [-0.2, 0) is 10.8 Å². The van der Waals surface area contributed by atoms with Gasteiger partial charge in [0.15, 0.2) is 0 Å². The number of rotatable bonds is 1. The molecule has 2 aromatic carbocycles. The van der Waals surface area contributed by atoms with E-state index in [1.54, 1.807) is 0 Å². The third-order valence-electron chi connectivity index (χ3n) is 5.43. The number of halogens is 4. The average Bonchev–Trinajstić information content (AvgIpc) is 2.68. The van der Waals surface area contributed by atoms with Gasteiger partial charge < -0.3 is 0 Å². The van der Waals surface area contributed by atoms with Crippen molar-refractivity contribution in [1.82, 2.24) is 0 Å². The van der Waals surface area contributed by atoms with Crippen LogP contribution in [-0.4, -0.2) is 0 Å². The van der Waals surface area contributed by atoms with Gasteiger partial charge in [0.2, 0.25) is 0 Å². The quantitative estimate of drug-likeness (QED) is 0.319. The first-order chi connectivity index (χ1) is 11.0. The second-order valence-electron chi connectivity index (χ2n) is 7.68. The van der Waals surface area contributed by atoms with Gasteiger partial charge in [-0.05, 0) is 71.7 Å². The monoisotopic (exact) mass is 576 g/mol. The van der Waals surface area contributed by atoms with Crippen LogP contribution in [0.1, 0.15) is 55.0 Å². The fourth-order valence-electron chi connectivity index (χ4n) is 4.10. The third kappa shape index (κ3) is 2.80. The van der Waals surface area contributed by atoms with Gasteiger partial charge >= 0.3 is 0 Å². The SMILES string of the molecule is Cc1c(Br)cc(C2(C)CC(C)(C)c3c2cc(Br)c(C)c3Br)cc1Br. The lowest BCUT2D eigenvalue weighted by atomic mass is 9.75. The molecule has 0 amide bonds. The first-order valence-corrected chi connectivity index (χ1v) is 11.1. The highest BCUT2D eigenvalue weighted by Crippen LogP contribution is 2.56. The zero-order valence-electron chi connectivity index (χ0n) is 14.5. The van der Waals surface area contributed by atoms with E-state index in [4.69, 9.17) is 0 Å². The number of fused-ring (bicyclic) bond motifs is 1. The smallest absolute Gasteiger partial charge is 0.0256 e. The molecule has 0 aromatic heterocycles. The van der Waals surface area contributed by atoms with E-state index in [0.29, 0.717) is 0 Å². The van der Waals surface area contributed by atoms with E-state index >= 15 is 0 Å². The van der Waals surface area contributed by atoms with Crippen molar-refractivity contribution in [2.75, 3.05) is 0 Å². The molecule has 1 aliphatic carbocycles. The van der Waals surface area contributed by atoms with Crippen LogP contribution in [0.4, 0.5) is 0 Å². The minimum atomic E-state index is -0.0175. The van der Waals surface area contributed by atoms with Gasteiger partial charge in [-0.2, -0.15) is 0 Å². The molecule has 0 saturated heterocycles. The number of hydrogen-bond donors (Lipinski definition) is 0. The van der Waals surface area contributed by atoms with Crippen LogP contribution in [0.2, 0.25) is 0 Å². The molecule has 0 nitrogen and oxygen atoms in total. The lowest BCUT2D eigenvalue weighted by molar-refractivity contribution is 0.424. The summed E-state index contributed by atoms with van der Waals surface area (Å²) in [5, 5.41) is 0. The highest BCUT2D eigenvalue weighted by molar-refractivity contribution is 9.11. The normalized spacial score (nSPS) is 21.9. The lowest BCUT2D eigenvalue weighted by Crippen LogP contribution is -2.23. The molecular formula is C20H20Br4. The van der Waals surface area contributed by atoms with Gasteiger partial charge in [0.05, 0.1) is 0 Å². The van der Waals surface area contributed by atoms with E-state index in [-0.39, 0.29) is 10.8 Å². The Morgan fingerprint density at radius 1 is 0.792 bits per heavy atom. The zero-order valence-corrected chi connectivity index (χ0v) is 20.8. The minimum absolute atomic E-state index is 0.0175. The molecule has 0 radical (unpaired) electrons. The van der Waals surface area contributed by atoms with E-state index in [9.17, 15) is 0 Å². The topological polar surface area (TPSA) is 0 Å². The summed E-state index contributed by atoms with van der Waals surface area (Å²) in [4.78, 5) is 0. The largest absolute Gasteiger partial charge is 0.0557 e. The van der Waals surface area contributed by atoms with Crippen LogP contribution >= 0.6 is 63.7 Å². The van der Waals surface area contributed by atoms with Crippen molar-refractivity contribution >= 4 is 63.7 Å². The second kappa shape index (κ2) is 6.21. The van der Waals surface area contributed by atoms with Crippen LogP contribution in [0, 0.1) is 13.8 Å². The summed E-state index contributed by atoms with van der Waals surface area (Å²) in [7, 11) is 0. The molecule has 1 atom stereocenters. The number of benzene rings is 2. The van der Waals surface area contributed by atoms with Gasteiger partial charge in [-0.1, -0.05) is 84.5 Å². The van der Waals surface area contributed by atoms with E-state index < -0.39 is 0 Å². The molecule has 0 bridgehead atoms. The summed E-state index contributed by atoms with van der Waals surface area (Å²) >= 11 is 15.1. The molecule has 1 aliphatic rings. The summed E-state index contributed by atoms with van der Waals surface area (Å²) in [6.07, 6.45) is 1.09. The Kier molecular flexibility index (Phi) is 4.95. The highest BCUT2D eigenvalue weighted by atomic mass is 79.9. The molecule has 2 aromatic rings. The predicted octanol–water partition coefficient (Wildman–Crippen LogP) is 8.34. The summed E-state index contributed by atoms with van der Waals surface area (Å²) in [5.41, 5.74) is 6.83. The Balaban J connectivity index is 2.33. The van der Waals surface area contributed by atoms with Crippen LogP contribution in [0.3, 0.4) is 0 Å². The van der Waals surface area contributed by atoms with Crippen molar-refractivity contribution in [3.63, 3.8) is 0 Å². The summed E-state index contributed by atoms with van der Waals surface area (Å²) in [6, 6.07) is 6.89. The van der Waals surface area contributed by atoms with Gasteiger partial charge in [-0.3, -0.25) is 0 Å². The van der Waals surface area contributed by atoms with Crippen LogP contribution in [0.5, 0.6) is 0 Å². The molecule has 0 N–H and O–H groups in total. The van der Waals surface area contributed by atoms with Crippen LogP contribution in [0.25, 0.3) is 0 Å². The molecule has 0 fully saturated rings. The Hall–Kier alpha value is 0.360. The summed E-state index contributed by atoms with van der Waals surface area (Å²) in [6.45, 7) is 11.4. The Bertz CT molecular complexity index is 828. The molecule has 128 valence electrons. The first-order valence-electron chi connectivity index (χ1n) is 7.95. The van der Waals surface area contributed by atoms with E-state index in [2.05, 4.69) is 117 Å². The van der Waals surface area contributed by atoms with Gasteiger partial charge in [0, 0.05) is 23.3 Å². The molecular weight excluding hydrogens is 560 g/mol. The Morgan fingerprint density at radius 3 is 1.83 bits per heavy atom. The van der Waals surface area contributed by atoms with Crippen molar-refractivity contribution < 1.29 is 0 Å². The Morgan fingerprint density at radius 2 is 1.29 bits per heavy atom. The lowest BCUT2D eigenvalue weighted by Gasteiger charge is -2.29.